The number of imide groups is 1. The minimum atomic E-state index is -1.33. The van der Waals surface area contributed by atoms with E-state index < -0.39 is 23.2 Å². The first-order valence-electron chi connectivity index (χ1n) is 9.86. The number of amides is 3. The van der Waals surface area contributed by atoms with Gasteiger partial charge in [-0.1, -0.05) is 18.2 Å². The fourth-order valence-corrected chi connectivity index (χ4v) is 6.01. The van der Waals surface area contributed by atoms with E-state index in [1.165, 1.54) is 23.1 Å². The van der Waals surface area contributed by atoms with Crippen molar-refractivity contribution in [3.05, 3.63) is 59.9 Å². The third kappa shape index (κ3) is 1.86. The third-order valence-electron chi connectivity index (χ3n) is 6.97. The van der Waals surface area contributed by atoms with Crippen molar-refractivity contribution >= 4 is 29.1 Å². The lowest BCUT2D eigenvalue weighted by atomic mass is 9.75. The summed E-state index contributed by atoms with van der Waals surface area (Å²) in [5.74, 6) is -2.91. The van der Waals surface area contributed by atoms with Crippen molar-refractivity contribution < 1.29 is 18.8 Å². The zero-order valence-corrected chi connectivity index (χ0v) is 15.5. The second kappa shape index (κ2) is 5.51. The monoisotopic (exact) mass is 391 g/mol. The Bertz CT molecular complexity index is 1090. The Morgan fingerprint density at radius 2 is 1.83 bits per heavy atom. The molecule has 3 amide bonds. The summed E-state index contributed by atoms with van der Waals surface area (Å²) in [6.07, 6.45) is 1.57. The van der Waals surface area contributed by atoms with E-state index in [0.717, 1.165) is 12.8 Å². The molecule has 4 aliphatic rings. The molecule has 6 nitrogen and oxygen atoms in total. The highest BCUT2D eigenvalue weighted by molar-refractivity contribution is 6.25. The summed E-state index contributed by atoms with van der Waals surface area (Å²) in [6.45, 7) is 0.604. The van der Waals surface area contributed by atoms with Gasteiger partial charge in [-0.05, 0) is 49.7 Å². The van der Waals surface area contributed by atoms with Gasteiger partial charge in [0.1, 0.15) is 11.4 Å². The first kappa shape index (κ1) is 16.9. The van der Waals surface area contributed by atoms with Crippen LogP contribution in [0.2, 0.25) is 0 Å². The van der Waals surface area contributed by atoms with Gasteiger partial charge in [-0.25, -0.2) is 9.29 Å². The highest BCUT2D eigenvalue weighted by Gasteiger charge is 2.74. The summed E-state index contributed by atoms with van der Waals surface area (Å²) >= 11 is 0. The van der Waals surface area contributed by atoms with Gasteiger partial charge in [-0.15, -0.1) is 0 Å². The SMILES string of the molecule is O=C1[C@H]2[C@H]3CCCN3[C@@]3(C(=O)Nc4ccc(F)cc43)[C@H]2C(=O)N1c1ccccc1. The summed E-state index contributed by atoms with van der Waals surface area (Å²) in [6, 6.07) is 12.8. The molecule has 3 fully saturated rings. The van der Waals surface area contributed by atoms with Crippen molar-refractivity contribution in [3.63, 3.8) is 0 Å². The lowest BCUT2D eigenvalue weighted by molar-refractivity contribution is -0.135. The number of fused-ring (bicyclic) bond motifs is 7. The van der Waals surface area contributed by atoms with Crippen LogP contribution in [0.3, 0.4) is 0 Å². The number of hydrogen-bond acceptors (Lipinski definition) is 4. The van der Waals surface area contributed by atoms with Gasteiger partial charge in [0.15, 0.2) is 0 Å². The number of nitrogens with one attached hydrogen (secondary N) is 1. The Hall–Kier alpha value is -3.06. The van der Waals surface area contributed by atoms with Crippen molar-refractivity contribution in [2.75, 3.05) is 16.8 Å². The van der Waals surface area contributed by atoms with Gasteiger partial charge in [0.05, 0.1) is 17.5 Å². The van der Waals surface area contributed by atoms with Gasteiger partial charge in [0.25, 0.3) is 0 Å². The number of para-hydroxylation sites is 1. The van der Waals surface area contributed by atoms with Crippen molar-refractivity contribution in [2.24, 2.45) is 11.8 Å². The number of hydrogen-bond donors (Lipinski definition) is 1. The Kier molecular flexibility index (Phi) is 3.20. The van der Waals surface area contributed by atoms with E-state index in [9.17, 15) is 18.8 Å². The molecular formula is C22H18FN3O3. The van der Waals surface area contributed by atoms with Gasteiger partial charge in [0, 0.05) is 17.3 Å². The molecule has 4 atom stereocenters. The van der Waals surface area contributed by atoms with Gasteiger partial charge >= 0.3 is 0 Å². The van der Waals surface area contributed by atoms with Crippen LogP contribution in [0.15, 0.2) is 48.5 Å². The van der Waals surface area contributed by atoms with Crippen LogP contribution in [0.5, 0.6) is 0 Å². The van der Waals surface area contributed by atoms with Crippen LogP contribution >= 0.6 is 0 Å². The summed E-state index contributed by atoms with van der Waals surface area (Å²) in [7, 11) is 0. The highest BCUT2D eigenvalue weighted by Crippen LogP contribution is 2.60. The molecule has 2 aromatic rings. The molecule has 2 aromatic carbocycles. The maximum Gasteiger partial charge on any atom is 0.250 e. The van der Waals surface area contributed by atoms with Crippen LogP contribution in [0.25, 0.3) is 0 Å². The largest absolute Gasteiger partial charge is 0.324 e. The van der Waals surface area contributed by atoms with Crippen LogP contribution in [-0.2, 0) is 19.9 Å². The zero-order valence-electron chi connectivity index (χ0n) is 15.5. The van der Waals surface area contributed by atoms with Crippen molar-refractivity contribution in [2.45, 2.75) is 24.4 Å². The second-order valence-electron chi connectivity index (χ2n) is 8.16. The standard InChI is InChI=1S/C22H18FN3O3/c23-12-8-9-15-14(11-12)22(21(29)24-15)18-17(16-7-4-10-25(16)22)19(27)26(20(18)28)13-5-2-1-3-6-13/h1-3,5-6,8-9,11,16-18H,4,7,10H2,(H,24,29)/t16-,17+,18-,22-/m1/s1. The van der Waals surface area contributed by atoms with Crippen LogP contribution < -0.4 is 10.2 Å². The molecule has 0 bridgehead atoms. The smallest absolute Gasteiger partial charge is 0.250 e. The van der Waals surface area contributed by atoms with E-state index in [-0.39, 0.29) is 23.8 Å². The van der Waals surface area contributed by atoms with Crippen LogP contribution in [0.1, 0.15) is 18.4 Å². The molecule has 0 aliphatic carbocycles. The Morgan fingerprint density at radius 3 is 2.62 bits per heavy atom. The average Bonchev–Trinajstić information content (AvgIpc) is 3.41. The molecule has 0 unspecified atom stereocenters. The third-order valence-corrected chi connectivity index (χ3v) is 6.97. The number of halogens is 1. The summed E-state index contributed by atoms with van der Waals surface area (Å²) in [4.78, 5) is 43.7. The second-order valence-corrected chi connectivity index (χ2v) is 8.16. The molecule has 6 rings (SSSR count). The van der Waals surface area contributed by atoms with Gasteiger partial charge < -0.3 is 5.32 Å². The maximum atomic E-state index is 14.2. The van der Waals surface area contributed by atoms with E-state index >= 15 is 0 Å². The van der Waals surface area contributed by atoms with Crippen LogP contribution in [0, 0.1) is 17.7 Å². The van der Waals surface area contributed by atoms with Crippen molar-refractivity contribution in [1.82, 2.24) is 4.90 Å². The molecular weight excluding hydrogens is 373 g/mol. The van der Waals surface area contributed by atoms with Crippen molar-refractivity contribution in [3.8, 4) is 0 Å². The molecule has 0 radical (unpaired) electrons. The Balaban J connectivity index is 1.58. The predicted molar refractivity (Wildman–Crippen MR) is 102 cm³/mol. The summed E-state index contributed by atoms with van der Waals surface area (Å²) in [5, 5.41) is 2.84. The fourth-order valence-electron chi connectivity index (χ4n) is 6.01. The maximum absolute atomic E-state index is 14.2. The summed E-state index contributed by atoms with van der Waals surface area (Å²) in [5.41, 5.74) is 0.160. The number of benzene rings is 2. The number of carbonyl (C=O) groups excluding carboxylic acids is 3. The molecule has 0 aromatic heterocycles. The number of nitrogens with zero attached hydrogens (tertiary/aromatic N) is 2. The molecule has 0 saturated carbocycles. The molecule has 3 saturated heterocycles. The van der Waals surface area contributed by atoms with Gasteiger partial charge in [-0.3, -0.25) is 19.3 Å². The first-order valence-corrected chi connectivity index (χ1v) is 9.86. The molecule has 29 heavy (non-hydrogen) atoms. The van der Waals surface area contributed by atoms with Gasteiger partial charge in [-0.2, -0.15) is 0 Å². The average molecular weight is 391 g/mol. The minimum Gasteiger partial charge on any atom is -0.324 e. The molecule has 4 heterocycles. The number of carbonyl (C=O) groups is 3. The van der Waals surface area contributed by atoms with Crippen LogP contribution in [0.4, 0.5) is 15.8 Å². The highest BCUT2D eigenvalue weighted by atomic mass is 19.1. The van der Waals surface area contributed by atoms with E-state index in [0.29, 0.717) is 23.5 Å². The summed E-state index contributed by atoms with van der Waals surface area (Å²) < 4.78 is 14.2. The topological polar surface area (TPSA) is 69.7 Å². The Labute approximate surface area is 166 Å². The first-order chi connectivity index (χ1) is 14.0. The van der Waals surface area contributed by atoms with Gasteiger partial charge in [0.2, 0.25) is 17.7 Å². The quantitative estimate of drug-likeness (QED) is 0.757. The van der Waals surface area contributed by atoms with E-state index in [2.05, 4.69) is 5.32 Å². The molecule has 4 aliphatic heterocycles. The zero-order chi connectivity index (χ0) is 19.9. The Morgan fingerprint density at radius 1 is 1.03 bits per heavy atom. The number of rotatable bonds is 1. The number of anilines is 2. The lowest BCUT2D eigenvalue weighted by Gasteiger charge is -2.36. The van der Waals surface area contributed by atoms with E-state index in [1.54, 1.807) is 24.3 Å². The van der Waals surface area contributed by atoms with E-state index in [4.69, 9.17) is 0 Å². The lowest BCUT2D eigenvalue weighted by Crippen LogP contribution is -2.54. The fraction of sp³-hybridized carbons (Fsp3) is 0.318. The van der Waals surface area contributed by atoms with Crippen LogP contribution in [-0.4, -0.2) is 35.2 Å². The molecule has 7 heteroatoms. The molecule has 1 spiro atoms. The minimum absolute atomic E-state index is 0.204. The van der Waals surface area contributed by atoms with E-state index in [1.807, 2.05) is 11.0 Å². The normalized spacial score (nSPS) is 32.7. The predicted octanol–water partition coefficient (Wildman–Crippen LogP) is 2.26. The molecule has 1 N–H and O–H groups in total. The van der Waals surface area contributed by atoms with Crippen molar-refractivity contribution in [1.29, 1.82) is 0 Å². The molecule has 146 valence electrons.